The van der Waals surface area contributed by atoms with E-state index < -0.39 is 17.4 Å². The number of carbonyl (C=O) groups is 2. The number of rotatable bonds is 4. The SMILES string of the molecule is CC(C)(C)OC(=O)N1CCC(Cn2cc(-c3cccc(C(=O)O)c3F)cn2)CC1. The van der Waals surface area contributed by atoms with Crippen LogP contribution in [0.25, 0.3) is 11.1 Å². The second kappa shape index (κ2) is 8.23. The minimum absolute atomic E-state index is 0.218. The zero-order valence-electron chi connectivity index (χ0n) is 16.9. The van der Waals surface area contributed by atoms with E-state index in [4.69, 9.17) is 9.84 Å². The van der Waals surface area contributed by atoms with Crippen molar-refractivity contribution in [3.8, 4) is 11.1 Å². The summed E-state index contributed by atoms with van der Waals surface area (Å²) in [5, 5.41) is 13.4. The number of carboxylic acids is 1. The van der Waals surface area contributed by atoms with Crippen molar-refractivity contribution in [1.82, 2.24) is 14.7 Å². The van der Waals surface area contributed by atoms with E-state index in [1.165, 1.54) is 12.1 Å². The van der Waals surface area contributed by atoms with Gasteiger partial charge in [0.1, 0.15) is 11.4 Å². The average molecular weight is 403 g/mol. The molecule has 2 heterocycles. The van der Waals surface area contributed by atoms with Crippen LogP contribution >= 0.6 is 0 Å². The predicted octanol–water partition coefficient (Wildman–Crippen LogP) is 4.03. The third kappa shape index (κ3) is 5.13. The number of amides is 1. The van der Waals surface area contributed by atoms with E-state index in [0.717, 1.165) is 12.8 Å². The number of likely N-dealkylation sites (tertiary alicyclic amines) is 1. The van der Waals surface area contributed by atoms with Crippen molar-refractivity contribution in [2.45, 2.75) is 45.8 Å². The van der Waals surface area contributed by atoms with Gasteiger partial charge in [-0.1, -0.05) is 12.1 Å². The molecule has 1 fully saturated rings. The molecule has 1 aliphatic rings. The number of benzene rings is 1. The minimum Gasteiger partial charge on any atom is -0.478 e. The van der Waals surface area contributed by atoms with E-state index in [1.54, 1.807) is 28.0 Å². The fourth-order valence-corrected chi connectivity index (χ4v) is 3.41. The largest absolute Gasteiger partial charge is 0.478 e. The summed E-state index contributed by atoms with van der Waals surface area (Å²) >= 11 is 0. The van der Waals surface area contributed by atoms with Crippen molar-refractivity contribution >= 4 is 12.1 Å². The van der Waals surface area contributed by atoms with Crippen molar-refractivity contribution in [2.75, 3.05) is 13.1 Å². The Bertz CT molecular complexity index is 896. The Balaban J connectivity index is 1.60. The van der Waals surface area contributed by atoms with Gasteiger partial charge >= 0.3 is 12.1 Å². The van der Waals surface area contributed by atoms with Crippen LogP contribution in [0, 0.1) is 11.7 Å². The van der Waals surface area contributed by atoms with Gasteiger partial charge in [-0.15, -0.1) is 0 Å². The Morgan fingerprint density at radius 1 is 1.28 bits per heavy atom. The first-order valence-corrected chi connectivity index (χ1v) is 9.66. The molecule has 1 aliphatic heterocycles. The van der Waals surface area contributed by atoms with Crippen LogP contribution in [0.5, 0.6) is 0 Å². The summed E-state index contributed by atoms with van der Waals surface area (Å²) in [6.07, 6.45) is 4.64. The van der Waals surface area contributed by atoms with Gasteiger partial charge in [0.2, 0.25) is 0 Å². The summed E-state index contributed by atoms with van der Waals surface area (Å²) < 4.78 is 21.6. The molecular formula is C21H26FN3O4. The van der Waals surface area contributed by atoms with Crippen molar-refractivity contribution in [3.05, 3.63) is 42.0 Å². The van der Waals surface area contributed by atoms with E-state index in [-0.39, 0.29) is 17.2 Å². The molecule has 0 unspecified atom stereocenters. The Hall–Kier alpha value is -2.90. The second-order valence-corrected chi connectivity index (χ2v) is 8.33. The highest BCUT2D eigenvalue weighted by molar-refractivity contribution is 5.89. The van der Waals surface area contributed by atoms with Crippen LogP contribution in [-0.2, 0) is 11.3 Å². The summed E-state index contributed by atoms with van der Waals surface area (Å²) in [5.74, 6) is -1.71. The monoisotopic (exact) mass is 403 g/mol. The van der Waals surface area contributed by atoms with E-state index in [9.17, 15) is 14.0 Å². The highest BCUT2D eigenvalue weighted by atomic mass is 19.1. The van der Waals surface area contributed by atoms with Crippen molar-refractivity contribution in [2.24, 2.45) is 5.92 Å². The maximum absolute atomic E-state index is 14.4. The third-order valence-electron chi connectivity index (χ3n) is 4.88. The maximum Gasteiger partial charge on any atom is 0.410 e. The molecule has 0 bridgehead atoms. The molecule has 1 saturated heterocycles. The van der Waals surface area contributed by atoms with Crippen LogP contribution in [0.2, 0.25) is 0 Å². The fourth-order valence-electron chi connectivity index (χ4n) is 3.41. The van der Waals surface area contributed by atoms with Gasteiger partial charge in [-0.3, -0.25) is 4.68 Å². The summed E-state index contributed by atoms with van der Waals surface area (Å²) in [6.45, 7) is 7.46. The Kier molecular flexibility index (Phi) is 5.91. The maximum atomic E-state index is 14.4. The van der Waals surface area contributed by atoms with Gasteiger partial charge in [-0.2, -0.15) is 5.10 Å². The molecule has 7 nitrogen and oxygen atoms in total. The lowest BCUT2D eigenvalue weighted by molar-refractivity contribution is 0.0177. The number of aromatic nitrogens is 2. The second-order valence-electron chi connectivity index (χ2n) is 8.33. The molecule has 8 heteroatoms. The van der Waals surface area contributed by atoms with Crippen molar-refractivity contribution < 1.29 is 23.8 Å². The Morgan fingerprint density at radius 3 is 2.59 bits per heavy atom. The van der Waals surface area contributed by atoms with Gasteiger partial charge in [-0.05, 0) is 45.6 Å². The van der Waals surface area contributed by atoms with E-state index in [1.807, 2.05) is 20.8 Å². The van der Waals surface area contributed by atoms with Crippen molar-refractivity contribution in [1.29, 1.82) is 0 Å². The zero-order valence-corrected chi connectivity index (χ0v) is 16.9. The first-order valence-electron chi connectivity index (χ1n) is 9.66. The number of piperidine rings is 1. The van der Waals surface area contributed by atoms with Gasteiger partial charge in [0.25, 0.3) is 0 Å². The van der Waals surface area contributed by atoms with Gasteiger partial charge < -0.3 is 14.7 Å². The summed E-state index contributed by atoms with van der Waals surface area (Å²) in [4.78, 5) is 25.0. The Morgan fingerprint density at radius 2 is 1.97 bits per heavy atom. The van der Waals surface area contributed by atoms with Gasteiger partial charge in [0, 0.05) is 37.0 Å². The van der Waals surface area contributed by atoms with Crippen LogP contribution in [0.4, 0.5) is 9.18 Å². The molecule has 2 aromatic rings. The number of ether oxygens (including phenoxy) is 1. The molecule has 0 saturated carbocycles. The number of aromatic carboxylic acids is 1. The normalized spacial score (nSPS) is 15.4. The molecule has 1 amide bonds. The molecule has 1 aromatic heterocycles. The lowest BCUT2D eigenvalue weighted by Crippen LogP contribution is -2.42. The molecule has 1 N–H and O–H groups in total. The molecule has 1 aromatic carbocycles. The number of carbonyl (C=O) groups excluding carboxylic acids is 1. The number of halogens is 1. The van der Waals surface area contributed by atoms with Crippen molar-refractivity contribution in [3.63, 3.8) is 0 Å². The molecule has 29 heavy (non-hydrogen) atoms. The quantitative estimate of drug-likeness (QED) is 0.833. The molecule has 3 rings (SSSR count). The topological polar surface area (TPSA) is 84.7 Å². The molecule has 0 spiro atoms. The number of hydrogen-bond donors (Lipinski definition) is 1. The fraction of sp³-hybridized carbons (Fsp3) is 0.476. The van der Waals surface area contributed by atoms with Crippen LogP contribution in [0.1, 0.15) is 44.0 Å². The standard InChI is InChI=1S/C21H26FN3O4/c1-21(2,3)29-20(28)24-9-7-14(8-10-24)12-25-13-15(11-23-25)16-5-4-6-17(18(16)22)19(26)27/h4-6,11,13-14H,7-10,12H2,1-3H3,(H,26,27). The average Bonchev–Trinajstić information content (AvgIpc) is 3.09. The zero-order chi connectivity index (χ0) is 21.2. The smallest absolute Gasteiger partial charge is 0.410 e. The molecule has 156 valence electrons. The number of carboxylic acid groups (broad SMARTS) is 1. The number of hydrogen-bond acceptors (Lipinski definition) is 4. The lowest BCUT2D eigenvalue weighted by atomic mass is 9.97. The third-order valence-corrected chi connectivity index (χ3v) is 4.88. The molecular weight excluding hydrogens is 377 g/mol. The van der Waals surface area contributed by atoms with Crippen LogP contribution in [0.15, 0.2) is 30.6 Å². The highest BCUT2D eigenvalue weighted by Gasteiger charge is 2.27. The van der Waals surface area contributed by atoms with E-state index in [2.05, 4.69) is 5.10 Å². The summed E-state index contributed by atoms with van der Waals surface area (Å²) in [6, 6.07) is 4.30. The van der Waals surface area contributed by atoms with E-state index >= 15 is 0 Å². The lowest BCUT2D eigenvalue weighted by Gasteiger charge is -2.33. The molecule has 0 atom stereocenters. The Labute approximate surface area is 169 Å². The van der Waals surface area contributed by atoms with Gasteiger partial charge in [0.15, 0.2) is 0 Å². The molecule has 0 aliphatic carbocycles. The van der Waals surface area contributed by atoms with Gasteiger partial charge in [-0.25, -0.2) is 14.0 Å². The number of nitrogens with zero attached hydrogens (tertiary/aromatic N) is 3. The van der Waals surface area contributed by atoms with E-state index in [0.29, 0.717) is 31.1 Å². The minimum atomic E-state index is -1.30. The predicted molar refractivity (Wildman–Crippen MR) is 105 cm³/mol. The summed E-state index contributed by atoms with van der Waals surface area (Å²) in [5.41, 5.74) is -0.107. The molecule has 0 radical (unpaired) electrons. The van der Waals surface area contributed by atoms with Crippen LogP contribution in [0.3, 0.4) is 0 Å². The van der Waals surface area contributed by atoms with Gasteiger partial charge in [0.05, 0.1) is 11.8 Å². The van der Waals surface area contributed by atoms with Crippen LogP contribution < -0.4 is 0 Å². The summed E-state index contributed by atoms with van der Waals surface area (Å²) in [7, 11) is 0. The first-order chi connectivity index (χ1) is 13.6. The first kappa shape index (κ1) is 20.8. The highest BCUT2D eigenvalue weighted by Crippen LogP contribution is 2.26. The van der Waals surface area contributed by atoms with Crippen LogP contribution in [-0.4, -0.2) is 50.5 Å².